The third-order valence-electron chi connectivity index (χ3n) is 6.26. The summed E-state index contributed by atoms with van der Waals surface area (Å²) >= 11 is 0. The van der Waals surface area contributed by atoms with Crippen LogP contribution in [0.5, 0.6) is 11.5 Å². The summed E-state index contributed by atoms with van der Waals surface area (Å²) in [5.41, 5.74) is 4.06. The second kappa shape index (κ2) is 12.7. The molecule has 1 saturated heterocycles. The molecule has 7 nitrogen and oxygen atoms in total. The SMILES string of the molecule is CCOc1cc(/C=C/C(=O)Nc2ccccc2N2CCN(CCc3ccncc3)CC2)ccc1OC. The quantitative estimate of drug-likeness (QED) is 0.426. The zero-order valence-corrected chi connectivity index (χ0v) is 21.0. The minimum absolute atomic E-state index is 0.174. The molecule has 4 rings (SSSR count). The van der Waals surface area contributed by atoms with Gasteiger partial charge < -0.3 is 19.7 Å². The van der Waals surface area contributed by atoms with Crippen molar-refractivity contribution in [1.82, 2.24) is 9.88 Å². The lowest BCUT2D eigenvalue weighted by Crippen LogP contribution is -2.47. The Morgan fingerprint density at radius 1 is 1.03 bits per heavy atom. The van der Waals surface area contributed by atoms with Gasteiger partial charge in [-0.15, -0.1) is 0 Å². The maximum absolute atomic E-state index is 12.7. The van der Waals surface area contributed by atoms with Gasteiger partial charge in [-0.2, -0.15) is 0 Å². The summed E-state index contributed by atoms with van der Waals surface area (Å²) in [4.78, 5) is 21.7. The number of methoxy groups -OCH3 is 1. The Hall–Kier alpha value is -3.84. The van der Waals surface area contributed by atoms with Gasteiger partial charge in [-0.1, -0.05) is 18.2 Å². The van der Waals surface area contributed by atoms with Crippen molar-refractivity contribution >= 4 is 23.4 Å². The van der Waals surface area contributed by atoms with Crippen LogP contribution in [-0.4, -0.2) is 62.2 Å². The molecule has 1 amide bonds. The van der Waals surface area contributed by atoms with E-state index in [0.717, 1.165) is 56.1 Å². The molecule has 1 aliphatic rings. The van der Waals surface area contributed by atoms with Crippen LogP contribution in [0.25, 0.3) is 6.08 Å². The lowest BCUT2D eigenvalue weighted by Gasteiger charge is -2.37. The van der Waals surface area contributed by atoms with Gasteiger partial charge in [0.15, 0.2) is 11.5 Å². The van der Waals surface area contributed by atoms with E-state index in [4.69, 9.17) is 9.47 Å². The zero-order valence-electron chi connectivity index (χ0n) is 21.0. The average molecular weight is 487 g/mol. The van der Waals surface area contributed by atoms with Gasteiger partial charge in [0.2, 0.25) is 5.91 Å². The fourth-order valence-electron chi connectivity index (χ4n) is 4.32. The van der Waals surface area contributed by atoms with Gasteiger partial charge in [-0.25, -0.2) is 0 Å². The second-order valence-corrected chi connectivity index (χ2v) is 8.62. The van der Waals surface area contributed by atoms with Crippen LogP contribution in [0.3, 0.4) is 0 Å². The molecule has 1 aromatic heterocycles. The number of carbonyl (C=O) groups is 1. The first-order valence-corrected chi connectivity index (χ1v) is 12.4. The van der Waals surface area contributed by atoms with E-state index in [1.165, 1.54) is 5.56 Å². The van der Waals surface area contributed by atoms with Crippen LogP contribution in [0.2, 0.25) is 0 Å². The average Bonchev–Trinajstić information content (AvgIpc) is 2.92. The van der Waals surface area contributed by atoms with E-state index in [1.807, 2.05) is 55.7 Å². The molecule has 0 unspecified atom stereocenters. The number of carbonyl (C=O) groups excluding carboxylic acids is 1. The summed E-state index contributed by atoms with van der Waals surface area (Å²) in [7, 11) is 1.61. The summed E-state index contributed by atoms with van der Waals surface area (Å²) in [6.45, 7) is 7.34. The van der Waals surface area contributed by atoms with Crippen molar-refractivity contribution in [3.05, 3.63) is 84.2 Å². The number of nitrogens with one attached hydrogen (secondary N) is 1. The molecular formula is C29H34N4O3. The fourth-order valence-corrected chi connectivity index (χ4v) is 4.32. The Morgan fingerprint density at radius 3 is 2.56 bits per heavy atom. The molecular weight excluding hydrogens is 452 g/mol. The molecule has 1 aliphatic heterocycles. The lowest BCUT2D eigenvalue weighted by atomic mass is 10.1. The van der Waals surface area contributed by atoms with Crippen LogP contribution in [0.15, 0.2) is 73.1 Å². The topological polar surface area (TPSA) is 66.9 Å². The Kier molecular flexibility index (Phi) is 8.94. The summed E-state index contributed by atoms with van der Waals surface area (Å²) in [5.74, 6) is 1.16. The number of benzene rings is 2. The maximum Gasteiger partial charge on any atom is 0.248 e. The Balaban J connectivity index is 1.34. The standard InChI is InChI=1S/C29H34N4O3/c1-3-36-28-22-24(8-10-27(28)35-2)9-11-29(34)31-25-6-4-5-7-26(25)33-20-18-32(19-21-33)17-14-23-12-15-30-16-13-23/h4-13,15-16,22H,3,14,17-21H2,1-2H3,(H,31,34)/b11-9+. The van der Waals surface area contributed by atoms with Gasteiger partial charge in [0.1, 0.15) is 0 Å². The summed E-state index contributed by atoms with van der Waals surface area (Å²) < 4.78 is 11.0. The first-order chi connectivity index (χ1) is 17.7. The van der Waals surface area contributed by atoms with Crippen molar-refractivity contribution in [2.75, 3.05) is 56.7 Å². The summed E-state index contributed by atoms with van der Waals surface area (Å²) in [6.07, 6.45) is 8.06. The van der Waals surface area contributed by atoms with E-state index in [-0.39, 0.29) is 5.91 Å². The summed E-state index contributed by atoms with van der Waals surface area (Å²) in [6, 6.07) is 17.8. The molecule has 0 radical (unpaired) electrons. The van der Waals surface area contributed by atoms with Crippen molar-refractivity contribution in [3.63, 3.8) is 0 Å². The van der Waals surface area contributed by atoms with Crippen molar-refractivity contribution in [3.8, 4) is 11.5 Å². The van der Waals surface area contributed by atoms with E-state index in [0.29, 0.717) is 18.1 Å². The molecule has 2 aromatic carbocycles. The molecule has 36 heavy (non-hydrogen) atoms. The summed E-state index contributed by atoms with van der Waals surface area (Å²) in [5, 5.41) is 3.06. The highest BCUT2D eigenvalue weighted by atomic mass is 16.5. The van der Waals surface area contributed by atoms with Gasteiger partial charge in [-0.3, -0.25) is 14.7 Å². The van der Waals surface area contributed by atoms with Gasteiger partial charge in [0, 0.05) is 51.2 Å². The number of piperazine rings is 1. The predicted octanol–water partition coefficient (Wildman–Crippen LogP) is 4.51. The number of rotatable bonds is 10. The Bertz CT molecular complexity index is 1160. The Morgan fingerprint density at radius 2 is 1.81 bits per heavy atom. The van der Waals surface area contributed by atoms with E-state index in [1.54, 1.807) is 19.3 Å². The van der Waals surface area contributed by atoms with E-state index in [2.05, 4.69) is 38.3 Å². The Labute approximate surface area is 213 Å². The van der Waals surface area contributed by atoms with Crippen LogP contribution in [0, 0.1) is 0 Å². The number of para-hydroxylation sites is 2. The largest absolute Gasteiger partial charge is 0.493 e. The van der Waals surface area contributed by atoms with Crippen LogP contribution in [-0.2, 0) is 11.2 Å². The number of aromatic nitrogens is 1. The number of hydrogen-bond donors (Lipinski definition) is 1. The van der Waals surface area contributed by atoms with Gasteiger partial charge in [0.05, 0.1) is 25.1 Å². The zero-order chi connectivity index (χ0) is 25.2. The number of anilines is 2. The minimum Gasteiger partial charge on any atom is -0.493 e. The number of ether oxygens (including phenoxy) is 2. The minimum atomic E-state index is -0.174. The molecule has 2 heterocycles. The van der Waals surface area contributed by atoms with Gasteiger partial charge >= 0.3 is 0 Å². The van der Waals surface area contributed by atoms with Gasteiger partial charge in [0.25, 0.3) is 0 Å². The molecule has 3 aromatic rings. The molecule has 1 fully saturated rings. The van der Waals surface area contributed by atoms with Crippen molar-refractivity contribution in [1.29, 1.82) is 0 Å². The highest BCUT2D eigenvalue weighted by Gasteiger charge is 2.19. The molecule has 0 atom stereocenters. The number of pyridine rings is 1. The predicted molar refractivity (Wildman–Crippen MR) is 145 cm³/mol. The van der Waals surface area contributed by atoms with E-state index >= 15 is 0 Å². The maximum atomic E-state index is 12.7. The van der Waals surface area contributed by atoms with Crippen LogP contribution >= 0.6 is 0 Å². The molecule has 0 saturated carbocycles. The lowest BCUT2D eigenvalue weighted by molar-refractivity contribution is -0.111. The first-order valence-electron chi connectivity index (χ1n) is 12.4. The highest BCUT2D eigenvalue weighted by molar-refractivity contribution is 6.03. The number of hydrogen-bond acceptors (Lipinski definition) is 6. The third-order valence-corrected chi connectivity index (χ3v) is 6.26. The highest BCUT2D eigenvalue weighted by Crippen LogP contribution is 2.29. The monoisotopic (exact) mass is 486 g/mol. The van der Waals surface area contributed by atoms with Gasteiger partial charge in [-0.05, 0) is 66.9 Å². The normalized spacial score (nSPS) is 14.1. The van der Waals surface area contributed by atoms with Crippen LogP contribution in [0.4, 0.5) is 11.4 Å². The molecule has 0 spiro atoms. The number of nitrogens with zero attached hydrogens (tertiary/aromatic N) is 3. The van der Waals surface area contributed by atoms with E-state index < -0.39 is 0 Å². The number of amides is 1. The van der Waals surface area contributed by atoms with Crippen molar-refractivity contribution in [2.24, 2.45) is 0 Å². The van der Waals surface area contributed by atoms with Crippen LogP contribution < -0.4 is 19.7 Å². The van der Waals surface area contributed by atoms with Crippen molar-refractivity contribution in [2.45, 2.75) is 13.3 Å². The van der Waals surface area contributed by atoms with E-state index in [9.17, 15) is 4.79 Å². The molecule has 0 bridgehead atoms. The van der Waals surface area contributed by atoms with Crippen molar-refractivity contribution < 1.29 is 14.3 Å². The second-order valence-electron chi connectivity index (χ2n) is 8.62. The van der Waals surface area contributed by atoms with Crippen LogP contribution in [0.1, 0.15) is 18.1 Å². The smallest absolute Gasteiger partial charge is 0.248 e. The molecule has 0 aliphatic carbocycles. The first kappa shape index (κ1) is 25.3. The fraction of sp³-hybridized carbons (Fsp3) is 0.310. The molecule has 1 N–H and O–H groups in total. The molecule has 188 valence electrons. The molecule has 7 heteroatoms. The third kappa shape index (κ3) is 6.86.